The van der Waals surface area contributed by atoms with Gasteiger partial charge in [-0.3, -0.25) is 4.79 Å². The lowest BCUT2D eigenvalue weighted by molar-refractivity contribution is -0.137. The van der Waals surface area contributed by atoms with Gasteiger partial charge in [-0.1, -0.05) is 25.1 Å². The number of carbonyl (C=O) groups is 1. The van der Waals surface area contributed by atoms with Crippen molar-refractivity contribution in [3.63, 3.8) is 0 Å². The molecule has 0 saturated carbocycles. The Kier molecular flexibility index (Phi) is 6.04. The summed E-state index contributed by atoms with van der Waals surface area (Å²) in [7, 11) is -3.69. The molecule has 0 spiro atoms. The standard InChI is InChI=1S/C17H17F3N2O3S/c1-2-22-26(24,25)15-5-3-4-13(10-15)16(23)21-11-12-6-8-14(9-7-12)17(18,19)20/h3-10,22H,2,11H2,1H3,(H,21,23). The molecule has 0 saturated heterocycles. The maximum absolute atomic E-state index is 12.5. The molecule has 0 aliphatic carbocycles. The van der Waals surface area contributed by atoms with Crippen LogP contribution in [0.25, 0.3) is 0 Å². The van der Waals surface area contributed by atoms with Gasteiger partial charge in [-0.2, -0.15) is 13.2 Å². The molecule has 0 aliphatic heterocycles. The Labute approximate surface area is 149 Å². The molecule has 9 heteroatoms. The zero-order valence-corrected chi connectivity index (χ0v) is 14.6. The van der Waals surface area contributed by atoms with E-state index in [0.717, 1.165) is 12.1 Å². The smallest absolute Gasteiger partial charge is 0.348 e. The number of amides is 1. The first kappa shape index (κ1) is 19.9. The second-order valence-electron chi connectivity index (χ2n) is 5.41. The van der Waals surface area contributed by atoms with Gasteiger partial charge in [0, 0.05) is 18.7 Å². The van der Waals surface area contributed by atoms with Crippen LogP contribution in [-0.4, -0.2) is 20.9 Å². The number of carbonyl (C=O) groups excluding carboxylic acids is 1. The maximum Gasteiger partial charge on any atom is 0.416 e. The van der Waals surface area contributed by atoms with E-state index < -0.39 is 27.7 Å². The minimum atomic E-state index is -4.42. The average Bonchev–Trinajstić information content (AvgIpc) is 2.59. The molecule has 1 amide bonds. The van der Waals surface area contributed by atoms with Crippen molar-refractivity contribution in [3.8, 4) is 0 Å². The quantitative estimate of drug-likeness (QED) is 0.802. The van der Waals surface area contributed by atoms with Crippen LogP contribution in [0.5, 0.6) is 0 Å². The van der Waals surface area contributed by atoms with Gasteiger partial charge in [-0.05, 0) is 35.9 Å². The molecule has 140 valence electrons. The topological polar surface area (TPSA) is 75.3 Å². The molecule has 0 fully saturated rings. The van der Waals surface area contributed by atoms with Crippen LogP contribution in [0.15, 0.2) is 53.4 Å². The molecule has 0 unspecified atom stereocenters. The summed E-state index contributed by atoms with van der Waals surface area (Å²) in [6, 6.07) is 9.91. The van der Waals surface area contributed by atoms with Crippen molar-refractivity contribution in [2.45, 2.75) is 24.5 Å². The molecule has 0 bridgehead atoms. The van der Waals surface area contributed by atoms with Crippen molar-refractivity contribution in [2.75, 3.05) is 6.54 Å². The minimum Gasteiger partial charge on any atom is -0.348 e. The first-order valence-corrected chi connectivity index (χ1v) is 9.16. The largest absolute Gasteiger partial charge is 0.416 e. The zero-order valence-electron chi connectivity index (χ0n) is 13.8. The van der Waals surface area contributed by atoms with E-state index in [-0.39, 0.29) is 23.5 Å². The Bertz CT molecular complexity index is 879. The van der Waals surface area contributed by atoms with Crippen LogP contribution in [0.3, 0.4) is 0 Å². The number of alkyl halides is 3. The normalized spacial score (nSPS) is 12.0. The van der Waals surface area contributed by atoms with E-state index in [4.69, 9.17) is 0 Å². The summed E-state index contributed by atoms with van der Waals surface area (Å²) < 4.78 is 63.8. The molecule has 2 rings (SSSR count). The molecular weight excluding hydrogens is 369 g/mol. The van der Waals surface area contributed by atoms with Crippen LogP contribution in [0.2, 0.25) is 0 Å². The summed E-state index contributed by atoms with van der Waals surface area (Å²) in [6.45, 7) is 1.87. The highest BCUT2D eigenvalue weighted by Crippen LogP contribution is 2.29. The molecule has 0 heterocycles. The molecule has 0 atom stereocenters. The summed E-state index contributed by atoms with van der Waals surface area (Å²) in [5.74, 6) is -0.529. The summed E-state index contributed by atoms with van der Waals surface area (Å²) in [5, 5.41) is 2.55. The number of benzene rings is 2. The van der Waals surface area contributed by atoms with Gasteiger partial charge in [0.1, 0.15) is 0 Å². The number of sulfonamides is 1. The Balaban J connectivity index is 2.07. The number of halogens is 3. The van der Waals surface area contributed by atoms with E-state index >= 15 is 0 Å². The Morgan fingerprint density at radius 2 is 1.73 bits per heavy atom. The van der Waals surface area contributed by atoms with Crippen molar-refractivity contribution < 1.29 is 26.4 Å². The van der Waals surface area contributed by atoms with Gasteiger partial charge in [0.2, 0.25) is 10.0 Å². The molecule has 26 heavy (non-hydrogen) atoms. The van der Waals surface area contributed by atoms with Gasteiger partial charge in [0.25, 0.3) is 5.91 Å². The van der Waals surface area contributed by atoms with Gasteiger partial charge >= 0.3 is 6.18 Å². The van der Waals surface area contributed by atoms with Gasteiger partial charge in [0.15, 0.2) is 0 Å². The van der Waals surface area contributed by atoms with Crippen molar-refractivity contribution in [3.05, 3.63) is 65.2 Å². The van der Waals surface area contributed by atoms with Gasteiger partial charge in [-0.15, -0.1) is 0 Å². The van der Waals surface area contributed by atoms with Crippen molar-refractivity contribution in [1.82, 2.24) is 10.0 Å². The minimum absolute atomic E-state index is 0.0150. The van der Waals surface area contributed by atoms with E-state index in [2.05, 4.69) is 10.0 Å². The van der Waals surface area contributed by atoms with Crippen molar-refractivity contribution in [1.29, 1.82) is 0 Å². The molecule has 0 aliphatic rings. The third kappa shape index (κ3) is 5.06. The molecule has 0 aromatic heterocycles. The molecular formula is C17H17F3N2O3S. The summed E-state index contributed by atoms with van der Waals surface area (Å²) in [5.41, 5.74) is -0.146. The third-order valence-electron chi connectivity index (χ3n) is 3.48. The van der Waals surface area contributed by atoms with Gasteiger partial charge in [-0.25, -0.2) is 13.1 Å². The van der Waals surface area contributed by atoms with Crippen LogP contribution in [-0.2, 0) is 22.7 Å². The Morgan fingerprint density at radius 3 is 2.31 bits per heavy atom. The number of rotatable bonds is 6. The van der Waals surface area contributed by atoms with Crippen molar-refractivity contribution in [2.24, 2.45) is 0 Å². The lowest BCUT2D eigenvalue weighted by Crippen LogP contribution is -2.25. The summed E-state index contributed by atoms with van der Waals surface area (Å²) in [4.78, 5) is 12.1. The van der Waals surface area contributed by atoms with E-state index in [1.54, 1.807) is 6.92 Å². The molecule has 2 N–H and O–H groups in total. The first-order chi connectivity index (χ1) is 12.1. The first-order valence-electron chi connectivity index (χ1n) is 7.67. The summed E-state index contributed by atoms with van der Waals surface area (Å²) in [6.07, 6.45) is -4.42. The van der Waals surface area contributed by atoms with Crippen molar-refractivity contribution >= 4 is 15.9 Å². The van der Waals surface area contributed by atoms with E-state index in [9.17, 15) is 26.4 Å². The molecule has 5 nitrogen and oxygen atoms in total. The molecule has 2 aromatic carbocycles. The number of hydrogen-bond donors (Lipinski definition) is 2. The van der Waals surface area contributed by atoms with Crippen LogP contribution in [0.4, 0.5) is 13.2 Å². The highest BCUT2D eigenvalue weighted by atomic mass is 32.2. The monoisotopic (exact) mass is 386 g/mol. The highest BCUT2D eigenvalue weighted by molar-refractivity contribution is 7.89. The van der Waals surface area contributed by atoms with Crippen LogP contribution >= 0.6 is 0 Å². The summed E-state index contributed by atoms with van der Waals surface area (Å²) >= 11 is 0. The number of hydrogen-bond acceptors (Lipinski definition) is 3. The second-order valence-corrected chi connectivity index (χ2v) is 7.17. The number of nitrogens with one attached hydrogen (secondary N) is 2. The zero-order chi connectivity index (χ0) is 19.4. The molecule has 0 radical (unpaired) electrons. The molecule has 2 aromatic rings. The Morgan fingerprint density at radius 1 is 1.08 bits per heavy atom. The average molecular weight is 386 g/mol. The van der Waals surface area contributed by atoms with E-state index in [1.165, 1.54) is 36.4 Å². The fourth-order valence-corrected chi connectivity index (χ4v) is 3.26. The predicted octanol–water partition coefficient (Wildman–Crippen LogP) is 2.93. The van der Waals surface area contributed by atoms with E-state index in [1.807, 2.05) is 0 Å². The second kappa shape index (κ2) is 7.88. The third-order valence-corrected chi connectivity index (χ3v) is 5.02. The van der Waals surface area contributed by atoms with E-state index in [0.29, 0.717) is 5.56 Å². The van der Waals surface area contributed by atoms with Crippen LogP contribution in [0.1, 0.15) is 28.4 Å². The highest BCUT2D eigenvalue weighted by Gasteiger charge is 2.29. The lowest BCUT2D eigenvalue weighted by Gasteiger charge is -2.10. The van der Waals surface area contributed by atoms with Gasteiger partial charge in [0.05, 0.1) is 10.5 Å². The van der Waals surface area contributed by atoms with Crippen LogP contribution in [0, 0.1) is 0 Å². The van der Waals surface area contributed by atoms with Crippen LogP contribution < -0.4 is 10.0 Å². The fourth-order valence-electron chi connectivity index (χ4n) is 2.17. The lowest BCUT2D eigenvalue weighted by atomic mass is 10.1. The SMILES string of the molecule is CCNS(=O)(=O)c1cccc(C(=O)NCc2ccc(C(F)(F)F)cc2)c1. The predicted molar refractivity (Wildman–Crippen MR) is 89.9 cm³/mol. The Hall–Kier alpha value is -2.39. The fraction of sp³-hybridized carbons (Fsp3) is 0.235. The van der Waals surface area contributed by atoms with Gasteiger partial charge < -0.3 is 5.32 Å². The maximum atomic E-state index is 12.5.